The average molecular weight is 295 g/mol. The molecule has 0 radical (unpaired) electrons. The summed E-state index contributed by atoms with van der Waals surface area (Å²) in [7, 11) is 0. The van der Waals surface area contributed by atoms with Crippen LogP contribution >= 0.6 is 0 Å². The number of hydrogen-bond donors (Lipinski definition) is 2. The Morgan fingerprint density at radius 2 is 2.05 bits per heavy atom. The van der Waals surface area contributed by atoms with Crippen molar-refractivity contribution in [3.63, 3.8) is 0 Å². The van der Waals surface area contributed by atoms with Crippen LogP contribution in [-0.2, 0) is 14.4 Å². The molecular formula is C15H25N3O3. The van der Waals surface area contributed by atoms with Crippen LogP contribution in [0.4, 0.5) is 0 Å². The minimum absolute atomic E-state index is 0.0134. The summed E-state index contributed by atoms with van der Waals surface area (Å²) >= 11 is 0. The van der Waals surface area contributed by atoms with Crippen LogP contribution in [0, 0.1) is 5.92 Å². The van der Waals surface area contributed by atoms with E-state index in [1.165, 1.54) is 0 Å². The van der Waals surface area contributed by atoms with Crippen molar-refractivity contribution in [1.29, 1.82) is 0 Å². The largest absolute Gasteiger partial charge is 0.344 e. The van der Waals surface area contributed by atoms with E-state index in [2.05, 4.69) is 10.6 Å². The van der Waals surface area contributed by atoms with Gasteiger partial charge in [-0.1, -0.05) is 20.3 Å². The van der Waals surface area contributed by atoms with Crippen molar-refractivity contribution in [3.05, 3.63) is 0 Å². The highest BCUT2D eigenvalue weighted by Gasteiger charge is 2.34. The van der Waals surface area contributed by atoms with Gasteiger partial charge in [0.2, 0.25) is 17.7 Å². The smallest absolute Gasteiger partial charge is 0.245 e. The SMILES string of the molecule is CC[C@H](C)[C@H](NC(=O)[C@@H]1CCC(=O)N1)C(=O)N1CCCC1. The Kier molecular flexibility index (Phi) is 5.20. The van der Waals surface area contributed by atoms with Crippen LogP contribution in [0.1, 0.15) is 46.0 Å². The summed E-state index contributed by atoms with van der Waals surface area (Å²) in [6.45, 7) is 5.55. The van der Waals surface area contributed by atoms with Crippen LogP contribution in [0.15, 0.2) is 0 Å². The van der Waals surface area contributed by atoms with E-state index >= 15 is 0 Å². The van der Waals surface area contributed by atoms with Gasteiger partial charge in [-0.25, -0.2) is 0 Å². The lowest BCUT2D eigenvalue weighted by Gasteiger charge is -2.28. The third-order valence-electron chi connectivity index (χ3n) is 4.51. The number of carbonyl (C=O) groups is 3. The number of rotatable bonds is 5. The Hall–Kier alpha value is -1.59. The molecule has 6 heteroatoms. The fourth-order valence-electron chi connectivity index (χ4n) is 2.88. The minimum atomic E-state index is -0.490. The van der Waals surface area contributed by atoms with Gasteiger partial charge in [-0.05, 0) is 25.2 Å². The van der Waals surface area contributed by atoms with Gasteiger partial charge in [0.05, 0.1) is 0 Å². The summed E-state index contributed by atoms with van der Waals surface area (Å²) in [5.74, 6) is -0.238. The highest BCUT2D eigenvalue weighted by molar-refractivity contribution is 5.94. The first-order chi connectivity index (χ1) is 10.0. The summed E-state index contributed by atoms with van der Waals surface area (Å²) in [4.78, 5) is 37.9. The van der Waals surface area contributed by atoms with Crippen molar-refractivity contribution in [2.45, 2.75) is 58.0 Å². The molecule has 0 bridgehead atoms. The molecule has 118 valence electrons. The number of amides is 3. The monoisotopic (exact) mass is 295 g/mol. The predicted molar refractivity (Wildman–Crippen MR) is 78.4 cm³/mol. The maximum atomic E-state index is 12.6. The van der Waals surface area contributed by atoms with Gasteiger partial charge in [0.25, 0.3) is 0 Å². The minimum Gasteiger partial charge on any atom is -0.344 e. The first-order valence-corrected chi connectivity index (χ1v) is 7.91. The molecule has 0 saturated carbocycles. The lowest BCUT2D eigenvalue weighted by molar-refractivity contribution is -0.137. The first-order valence-electron chi connectivity index (χ1n) is 7.91. The van der Waals surface area contributed by atoms with Crippen LogP contribution in [0.3, 0.4) is 0 Å². The molecule has 2 aliphatic rings. The van der Waals surface area contributed by atoms with Gasteiger partial charge in [0, 0.05) is 19.5 Å². The van der Waals surface area contributed by atoms with E-state index < -0.39 is 12.1 Å². The Labute approximate surface area is 125 Å². The third-order valence-corrected chi connectivity index (χ3v) is 4.51. The maximum absolute atomic E-state index is 12.6. The standard InChI is InChI=1S/C15H25N3O3/c1-3-10(2)13(15(21)18-8-4-5-9-18)17-14(20)11-6-7-12(19)16-11/h10-11,13H,3-9H2,1-2H3,(H,16,19)(H,17,20)/t10-,11-,13-/m0/s1. The van der Waals surface area contributed by atoms with Gasteiger partial charge in [-0.15, -0.1) is 0 Å². The topological polar surface area (TPSA) is 78.5 Å². The van der Waals surface area contributed by atoms with Crippen LogP contribution in [0.5, 0.6) is 0 Å². The molecule has 3 atom stereocenters. The summed E-state index contributed by atoms with van der Waals surface area (Å²) in [6, 6.07) is -0.978. The van der Waals surface area contributed by atoms with E-state index in [0.717, 1.165) is 32.4 Å². The van der Waals surface area contributed by atoms with Gasteiger partial charge in [0.1, 0.15) is 12.1 Å². The van der Waals surface area contributed by atoms with E-state index in [1.54, 1.807) is 0 Å². The second kappa shape index (κ2) is 6.91. The molecule has 2 N–H and O–H groups in total. The van der Waals surface area contributed by atoms with Crippen LogP contribution in [0.25, 0.3) is 0 Å². The summed E-state index contributed by atoms with van der Waals surface area (Å²) in [5, 5.41) is 5.51. The van der Waals surface area contributed by atoms with E-state index in [1.807, 2.05) is 18.7 Å². The zero-order chi connectivity index (χ0) is 15.4. The zero-order valence-corrected chi connectivity index (χ0v) is 12.9. The fourth-order valence-corrected chi connectivity index (χ4v) is 2.88. The lowest BCUT2D eigenvalue weighted by atomic mass is 9.97. The van der Waals surface area contributed by atoms with Crippen LogP contribution in [-0.4, -0.2) is 47.8 Å². The van der Waals surface area contributed by atoms with E-state index in [4.69, 9.17) is 0 Å². The Morgan fingerprint density at radius 1 is 1.38 bits per heavy atom. The molecular weight excluding hydrogens is 270 g/mol. The molecule has 0 aromatic rings. The molecule has 0 aromatic heterocycles. The number of likely N-dealkylation sites (tertiary alicyclic amines) is 1. The number of carbonyl (C=O) groups excluding carboxylic acids is 3. The third kappa shape index (κ3) is 3.74. The molecule has 3 amide bonds. The van der Waals surface area contributed by atoms with Gasteiger partial charge < -0.3 is 15.5 Å². The molecule has 2 saturated heterocycles. The number of hydrogen-bond acceptors (Lipinski definition) is 3. The van der Waals surface area contributed by atoms with Gasteiger partial charge in [-0.3, -0.25) is 14.4 Å². The fraction of sp³-hybridized carbons (Fsp3) is 0.800. The summed E-state index contributed by atoms with van der Waals surface area (Å²) in [6.07, 6.45) is 3.78. The molecule has 0 spiro atoms. The Balaban J connectivity index is 2.00. The van der Waals surface area contributed by atoms with Gasteiger partial charge in [0.15, 0.2) is 0 Å². The van der Waals surface area contributed by atoms with Crippen molar-refractivity contribution in [2.75, 3.05) is 13.1 Å². The predicted octanol–water partition coefficient (Wildman–Crippen LogP) is 0.418. The molecule has 0 aromatic carbocycles. The Morgan fingerprint density at radius 3 is 2.57 bits per heavy atom. The molecule has 6 nitrogen and oxygen atoms in total. The molecule has 21 heavy (non-hydrogen) atoms. The van der Waals surface area contributed by atoms with Crippen molar-refractivity contribution in [3.8, 4) is 0 Å². The molecule has 2 aliphatic heterocycles. The molecule has 2 heterocycles. The second-order valence-corrected chi connectivity index (χ2v) is 6.06. The Bertz CT molecular complexity index is 418. The quantitative estimate of drug-likeness (QED) is 0.771. The molecule has 2 fully saturated rings. The first kappa shape index (κ1) is 15.8. The van der Waals surface area contributed by atoms with Crippen LogP contribution in [0.2, 0.25) is 0 Å². The highest BCUT2D eigenvalue weighted by Crippen LogP contribution is 2.16. The lowest BCUT2D eigenvalue weighted by Crippen LogP contribution is -2.54. The zero-order valence-electron chi connectivity index (χ0n) is 12.9. The summed E-state index contributed by atoms with van der Waals surface area (Å²) in [5.41, 5.74) is 0. The number of nitrogens with zero attached hydrogens (tertiary/aromatic N) is 1. The van der Waals surface area contributed by atoms with Gasteiger partial charge in [-0.2, -0.15) is 0 Å². The van der Waals surface area contributed by atoms with Crippen molar-refractivity contribution in [1.82, 2.24) is 15.5 Å². The molecule has 0 unspecified atom stereocenters. The molecule has 0 aliphatic carbocycles. The van der Waals surface area contributed by atoms with Crippen molar-refractivity contribution >= 4 is 17.7 Å². The van der Waals surface area contributed by atoms with Crippen molar-refractivity contribution in [2.24, 2.45) is 5.92 Å². The van der Waals surface area contributed by atoms with Crippen LogP contribution < -0.4 is 10.6 Å². The normalized spacial score (nSPS) is 24.6. The average Bonchev–Trinajstić information content (AvgIpc) is 3.14. The van der Waals surface area contributed by atoms with E-state index in [-0.39, 0.29) is 23.6 Å². The van der Waals surface area contributed by atoms with E-state index in [9.17, 15) is 14.4 Å². The summed E-state index contributed by atoms with van der Waals surface area (Å²) < 4.78 is 0. The second-order valence-electron chi connectivity index (χ2n) is 6.06. The van der Waals surface area contributed by atoms with E-state index in [0.29, 0.717) is 12.8 Å². The maximum Gasteiger partial charge on any atom is 0.245 e. The highest BCUT2D eigenvalue weighted by atomic mass is 16.2. The number of nitrogens with one attached hydrogen (secondary N) is 2. The molecule has 2 rings (SSSR count). The van der Waals surface area contributed by atoms with Crippen molar-refractivity contribution < 1.29 is 14.4 Å². The van der Waals surface area contributed by atoms with Gasteiger partial charge >= 0.3 is 0 Å².